The van der Waals surface area contributed by atoms with Crippen LogP contribution in [0.25, 0.3) is 0 Å². The van der Waals surface area contributed by atoms with Crippen LogP contribution in [-0.4, -0.2) is 11.8 Å². The Morgan fingerprint density at radius 3 is 1.79 bits per heavy atom. The van der Waals surface area contributed by atoms with Gasteiger partial charge in [0.05, 0.1) is 0 Å². The van der Waals surface area contributed by atoms with E-state index in [1.807, 2.05) is 36.4 Å². The van der Waals surface area contributed by atoms with Crippen molar-refractivity contribution in [3.8, 4) is 0 Å². The number of hydrogen-bond donors (Lipinski definition) is 0. The molecule has 0 aliphatic carbocycles. The maximum atomic E-state index is 13.0. The van der Waals surface area contributed by atoms with E-state index in [1.165, 1.54) is 6.92 Å². The minimum atomic E-state index is -1.52. The van der Waals surface area contributed by atoms with Crippen molar-refractivity contribution in [3.63, 3.8) is 0 Å². The van der Waals surface area contributed by atoms with Gasteiger partial charge >= 0.3 is 5.97 Å². The smallest absolute Gasteiger partial charge is 0.304 e. The normalized spacial score (nSPS) is 13.2. The van der Waals surface area contributed by atoms with Crippen LogP contribution in [0.2, 0.25) is 0 Å². The van der Waals surface area contributed by atoms with Crippen LogP contribution in [0.3, 0.4) is 0 Å². The van der Waals surface area contributed by atoms with Gasteiger partial charge in [-0.05, 0) is 39.9 Å². The molecule has 4 heteroatoms. The van der Waals surface area contributed by atoms with Crippen LogP contribution < -0.4 is 0 Å². The number of hydrogen-bond acceptors (Lipinski definition) is 3. The van der Waals surface area contributed by atoms with Crippen molar-refractivity contribution in [2.75, 3.05) is 0 Å². The zero-order valence-electron chi connectivity index (χ0n) is 14.1. The SMILES string of the molecule is CCc1ccc(C(=O)C(Br)(OC(C)=O)c2ccc(CC)cc2)cc1. The monoisotopic (exact) mass is 388 g/mol. The topological polar surface area (TPSA) is 43.4 Å². The van der Waals surface area contributed by atoms with Crippen molar-refractivity contribution in [1.82, 2.24) is 0 Å². The fourth-order valence-electron chi connectivity index (χ4n) is 2.47. The summed E-state index contributed by atoms with van der Waals surface area (Å²) in [4.78, 5) is 24.6. The first kappa shape index (κ1) is 18.4. The van der Waals surface area contributed by atoms with Gasteiger partial charge in [-0.3, -0.25) is 9.59 Å². The number of alkyl halides is 1. The van der Waals surface area contributed by atoms with Gasteiger partial charge in [0.25, 0.3) is 4.51 Å². The standard InChI is InChI=1S/C20H21BrO3/c1-4-15-6-10-17(11-7-15)19(23)20(21,24-14(3)22)18-12-8-16(5-2)9-13-18/h6-13H,4-5H2,1-3H3. The fraction of sp³-hybridized carbons (Fsp3) is 0.300. The van der Waals surface area contributed by atoms with Gasteiger partial charge in [0, 0.05) is 18.1 Å². The summed E-state index contributed by atoms with van der Waals surface area (Å²) in [6.07, 6.45) is 1.80. The van der Waals surface area contributed by atoms with Gasteiger partial charge in [0.1, 0.15) is 0 Å². The van der Waals surface area contributed by atoms with Gasteiger partial charge in [0.2, 0.25) is 5.78 Å². The molecule has 0 N–H and O–H groups in total. The van der Waals surface area contributed by atoms with Crippen molar-refractivity contribution in [2.24, 2.45) is 0 Å². The Balaban J connectivity index is 2.44. The van der Waals surface area contributed by atoms with E-state index in [2.05, 4.69) is 29.8 Å². The molecule has 2 aromatic carbocycles. The zero-order chi connectivity index (χ0) is 17.7. The highest BCUT2D eigenvalue weighted by Crippen LogP contribution is 2.37. The highest BCUT2D eigenvalue weighted by molar-refractivity contribution is 9.10. The van der Waals surface area contributed by atoms with Crippen LogP contribution in [0.15, 0.2) is 48.5 Å². The third-order valence-electron chi connectivity index (χ3n) is 3.93. The molecule has 2 aromatic rings. The lowest BCUT2D eigenvalue weighted by Gasteiger charge is -2.26. The minimum Gasteiger partial charge on any atom is -0.435 e. The third-order valence-corrected chi connectivity index (χ3v) is 4.91. The van der Waals surface area contributed by atoms with Crippen molar-refractivity contribution in [2.45, 2.75) is 38.1 Å². The molecule has 1 atom stereocenters. The molecule has 0 heterocycles. The highest BCUT2D eigenvalue weighted by atomic mass is 79.9. The maximum absolute atomic E-state index is 13.0. The van der Waals surface area contributed by atoms with E-state index in [1.54, 1.807) is 12.1 Å². The summed E-state index contributed by atoms with van der Waals surface area (Å²) in [5, 5.41) is 0. The zero-order valence-corrected chi connectivity index (χ0v) is 15.7. The number of aryl methyl sites for hydroxylation is 2. The van der Waals surface area contributed by atoms with Gasteiger partial charge in [-0.15, -0.1) is 0 Å². The third kappa shape index (κ3) is 3.93. The summed E-state index contributed by atoms with van der Waals surface area (Å²) in [6, 6.07) is 14.8. The van der Waals surface area contributed by atoms with Gasteiger partial charge in [-0.25, -0.2) is 0 Å². The molecular formula is C20H21BrO3. The lowest BCUT2D eigenvalue weighted by molar-refractivity contribution is -0.146. The van der Waals surface area contributed by atoms with Crippen molar-refractivity contribution >= 4 is 27.7 Å². The molecule has 0 aliphatic heterocycles. The van der Waals surface area contributed by atoms with Crippen LogP contribution in [0, 0.1) is 0 Å². The lowest BCUT2D eigenvalue weighted by atomic mass is 9.97. The Kier molecular flexibility index (Phi) is 5.94. The number of ether oxygens (including phenoxy) is 1. The summed E-state index contributed by atoms with van der Waals surface area (Å²) in [5.74, 6) is -0.824. The molecule has 0 bridgehead atoms. The van der Waals surface area contributed by atoms with Crippen molar-refractivity contribution in [1.29, 1.82) is 0 Å². The molecule has 1 unspecified atom stereocenters. The van der Waals surface area contributed by atoms with Gasteiger partial charge in [-0.1, -0.05) is 62.4 Å². The predicted octanol–water partition coefficient (Wildman–Crippen LogP) is 4.81. The number of carbonyl (C=O) groups is 2. The number of benzene rings is 2. The molecule has 0 fully saturated rings. The molecule has 0 radical (unpaired) electrons. The van der Waals surface area contributed by atoms with Crippen LogP contribution in [0.5, 0.6) is 0 Å². The molecule has 2 rings (SSSR count). The summed E-state index contributed by atoms with van der Waals surface area (Å²) >= 11 is 3.39. The maximum Gasteiger partial charge on any atom is 0.304 e. The molecule has 0 amide bonds. The Hall–Kier alpha value is -1.94. The van der Waals surface area contributed by atoms with E-state index in [9.17, 15) is 9.59 Å². The number of carbonyl (C=O) groups excluding carboxylic acids is 2. The van der Waals surface area contributed by atoms with Crippen LogP contribution >= 0.6 is 15.9 Å². The average Bonchev–Trinajstić information content (AvgIpc) is 2.60. The Labute approximate surface area is 151 Å². The summed E-state index contributed by atoms with van der Waals surface area (Å²) in [6.45, 7) is 5.41. The van der Waals surface area contributed by atoms with Gasteiger partial charge in [-0.2, -0.15) is 0 Å². The fourth-order valence-corrected chi connectivity index (χ4v) is 3.19. The molecule has 0 aromatic heterocycles. The molecule has 0 saturated carbocycles. The number of halogens is 1. The van der Waals surface area contributed by atoms with Crippen LogP contribution in [0.4, 0.5) is 0 Å². The summed E-state index contributed by atoms with van der Waals surface area (Å²) in [5.41, 5.74) is 3.38. The number of Topliss-reactive ketones (excluding diaryl/α,β-unsaturated/α-hetero) is 1. The number of esters is 1. The molecular weight excluding hydrogens is 368 g/mol. The van der Waals surface area contributed by atoms with E-state index in [-0.39, 0.29) is 5.78 Å². The number of rotatable bonds is 6. The number of ketones is 1. The van der Waals surface area contributed by atoms with Gasteiger partial charge in [0.15, 0.2) is 0 Å². The summed E-state index contributed by atoms with van der Waals surface area (Å²) in [7, 11) is 0. The minimum absolute atomic E-state index is 0.301. The molecule has 0 saturated heterocycles. The molecule has 126 valence electrons. The van der Waals surface area contributed by atoms with E-state index in [0.29, 0.717) is 11.1 Å². The van der Waals surface area contributed by atoms with Crippen LogP contribution in [-0.2, 0) is 26.9 Å². The first-order valence-corrected chi connectivity index (χ1v) is 8.81. The first-order valence-electron chi connectivity index (χ1n) is 8.02. The Bertz CT molecular complexity index is 720. The highest BCUT2D eigenvalue weighted by Gasteiger charge is 2.41. The molecule has 0 spiro atoms. The average molecular weight is 389 g/mol. The molecule has 0 aliphatic rings. The predicted molar refractivity (Wildman–Crippen MR) is 98.3 cm³/mol. The lowest BCUT2D eigenvalue weighted by Crippen LogP contribution is -2.34. The largest absolute Gasteiger partial charge is 0.435 e. The van der Waals surface area contributed by atoms with Crippen molar-refractivity contribution in [3.05, 3.63) is 70.8 Å². The second kappa shape index (κ2) is 7.75. The Morgan fingerprint density at radius 1 is 0.917 bits per heavy atom. The quantitative estimate of drug-likeness (QED) is 0.405. The first-order chi connectivity index (χ1) is 11.4. The second-order valence-electron chi connectivity index (χ2n) is 5.62. The van der Waals surface area contributed by atoms with E-state index in [0.717, 1.165) is 24.0 Å². The Morgan fingerprint density at radius 2 is 1.38 bits per heavy atom. The molecule has 3 nitrogen and oxygen atoms in total. The van der Waals surface area contributed by atoms with Crippen molar-refractivity contribution < 1.29 is 14.3 Å². The second-order valence-corrected chi connectivity index (χ2v) is 6.74. The van der Waals surface area contributed by atoms with E-state index < -0.39 is 10.5 Å². The van der Waals surface area contributed by atoms with Gasteiger partial charge < -0.3 is 4.74 Å². The van der Waals surface area contributed by atoms with E-state index in [4.69, 9.17) is 4.74 Å². The molecule has 24 heavy (non-hydrogen) atoms. The van der Waals surface area contributed by atoms with E-state index >= 15 is 0 Å². The summed E-state index contributed by atoms with van der Waals surface area (Å²) < 4.78 is 3.88. The van der Waals surface area contributed by atoms with Crippen LogP contribution in [0.1, 0.15) is 47.8 Å².